The summed E-state index contributed by atoms with van der Waals surface area (Å²) in [5.41, 5.74) is 11.7. The summed E-state index contributed by atoms with van der Waals surface area (Å²) >= 11 is 7.35. The topological polar surface area (TPSA) is 94.9 Å². The molecular formula is C12H11ClN4OS. The first kappa shape index (κ1) is 13.6. The Morgan fingerprint density at radius 2 is 1.84 bits per heavy atom. The Kier molecular flexibility index (Phi) is 3.92. The van der Waals surface area contributed by atoms with Gasteiger partial charge < -0.3 is 11.5 Å². The Hall–Kier alpha value is -1.79. The van der Waals surface area contributed by atoms with Gasteiger partial charge in [-0.1, -0.05) is 17.7 Å². The van der Waals surface area contributed by atoms with Gasteiger partial charge >= 0.3 is 0 Å². The molecule has 19 heavy (non-hydrogen) atoms. The third-order valence-electron chi connectivity index (χ3n) is 2.28. The van der Waals surface area contributed by atoms with Crippen LogP contribution in [0.5, 0.6) is 0 Å². The van der Waals surface area contributed by atoms with E-state index < -0.39 is 0 Å². The Labute approximate surface area is 119 Å². The molecule has 0 aliphatic carbocycles. The third-order valence-corrected chi connectivity index (χ3v) is 3.65. The molecule has 0 aliphatic rings. The Bertz CT molecular complexity index is 627. The van der Waals surface area contributed by atoms with Crippen LogP contribution in [0.2, 0.25) is 5.02 Å². The van der Waals surface area contributed by atoms with Gasteiger partial charge in [-0.3, -0.25) is 4.79 Å². The van der Waals surface area contributed by atoms with Gasteiger partial charge in [0.15, 0.2) is 10.9 Å². The van der Waals surface area contributed by atoms with Crippen LogP contribution in [0.25, 0.3) is 0 Å². The Morgan fingerprint density at radius 1 is 1.21 bits per heavy atom. The van der Waals surface area contributed by atoms with Gasteiger partial charge in [-0.15, -0.1) is 0 Å². The lowest BCUT2D eigenvalue weighted by atomic mass is 10.1. The molecule has 0 bridgehead atoms. The van der Waals surface area contributed by atoms with Crippen molar-refractivity contribution in [1.29, 1.82) is 0 Å². The molecule has 2 rings (SSSR count). The number of benzene rings is 1. The molecule has 5 nitrogen and oxygen atoms in total. The van der Waals surface area contributed by atoms with E-state index in [0.717, 1.165) is 4.90 Å². The summed E-state index contributed by atoms with van der Waals surface area (Å²) in [7, 11) is 0. The van der Waals surface area contributed by atoms with E-state index in [1.54, 1.807) is 18.2 Å². The minimum Gasteiger partial charge on any atom is -0.383 e. The third kappa shape index (κ3) is 3.36. The van der Waals surface area contributed by atoms with Crippen LogP contribution in [0, 0.1) is 0 Å². The van der Waals surface area contributed by atoms with Gasteiger partial charge in [0.2, 0.25) is 0 Å². The molecule has 0 unspecified atom stereocenters. The highest BCUT2D eigenvalue weighted by molar-refractivity contribution is 7.99. The van der Waals surface area contributed by atoms with Crippen molar-refractivity contribution in [2.75, 3.05) is 11.5 Å². The van der Waals surface area contributed by atoms with E-state index in [9.17, 15) is 4.79 Å². The number of carbonyl (C=O) groups is 1. The number of Topliss-reactive ketones (excluding diaryl/α,β-unsaturated/α-hetero) is 1. The van der Waals surface area contributed by atoms with Crippen molar-refractivity contribution in [1.82, 2.24) is 9.97 Å². The summed E-state index contributed by atoms with van der Waals surface area (Å²) in [5.74, 6) is 0.556. The van der Waals surface area contributed by atoms with E-state index >= 15 is 0 Å². The van der Waals surface area contributed by atoms with E-state index in [2.05, 4.69) is 9.97 Å². The normalized spacial score (nSPS) is 10.4. The zero-order valence-electron chi connectivity index (χ0n) is 10.1. The van der Waals surface area contributed by atoms with Gasteiger partial charge in [-0.2, -0.15) is 0 Å². The smallest absolute Gasteiger partial charge is 0.196 e. The van der Waals surface area contributed by atoms with Crippen LogP contribution in [0.4, 0.5) is 11.6 Å². The van der Waals surface area contributed by atoms with Gasteiger partial charge in [0, 0.05) is 16.5 Å². The largest absolute Gasteiger partial charge is 0.383 e. The zero-order chi connectivity index (χ0) is 14.0. The number of anilines is 2. The number of nitrogen functional groups attached to an aromatic ring is 2. The highest BCUT2D eigenvalue weighted by Crippen LogP contribution is 2.32. The first-order valence-corrected chi connectivity index (χ1v) is 6.53. The van der Waals surface area contributed by atoms with Crippen molar-refractivity contribution in [2.24, 2.45) is 0 Å². The maximum absolute atomic E-state index is 11.2. The molecule has 1 aromatic carbocycles. The minimum absolute atomic E-state index is 0.0390. The summed E-state index contributed by atoms with van der Waals surface area (Å²) < 4.78 is 0. The van der Waals surface area contributed by atoms with Gasteiger partial charge in [0.05, 0.1) is 5.02 Å². The van der Waals surface area contributed by atoms with E-state index in [1.165, 1.54) is 24.8 Å². The number of halogens is 1. The summed E-state index contributed by atoms with van der Waals surface area (Å²) in [6.45, 7) is 1.49. The molecule has 0 saturated carbocycles. The molecule has 0 radical (unpaired) electrons. The van der Waals surface area contributed by atoms with Crippen molar-refractivity contribution >= 4 is 40.8 Å². The predicted molar refractivity (Wildman–Crippen MR) is 76.4 cm³/mol. The first-order valence-electron chi connectivity index (χ1n) is 5.34. The van der Waals surface area contributed by atoms with Crippen LogP contribution in [0.3, 0.4) is 0 Å². The molecule has 0 aliphatic heterocycles. The summed E-state index contributed by atoms with van der Waals surface area (Å²) in [6, 6.07) is 6.53. The van der Waals surface area contributed by atoms with E-state index in [4.69, 9.17) is 23.1 Å². The second kappa shape index (κ2) is 5.46. The monoisotopic (exact) mass is 294 g/mol. The number of carbonyl (C=O) groups excluding carboxylic acids is 1. The molecule has 2 aromatic rings. The van der Waals surface area contributed by atoms with Crippen LogP contribution >= 0.6 is 23.4 Å². The number of nitrogens with zero attached hydrogens (tertiary/aromatic N) is 2. The second-order valence-corrected chi connectivity index (χ2v) is 5.22. The van der Waals surface area contributed by atoms with Gasteiger partial charge in [0.1, 0.15) is 11.6 Å². The number of aromatic nitrogens is 2. The molecule has 0 fully saturated rings. The van der Waals surface area contributed by atoms with Gasteiger partial charge in [-0.05, 0) is 30.8 Å². The first-order chi connectivity index (χ1) is 8.95. The molecule has 98 valence electrons. The molecule has 0 spiro atoms. The maximum Gasteiger partial charge on any atom is 0.196 e. The number of ketones is 1. The van der Waals surface area contributed by atoms with E-state index in [1.807, 2.05) is 0 Å². The summed E-state index contributed by atoms with van der Waals surface area (Å²) in [5, 5.41) is 0.872. The van der Waals surface area contributed by atoms with Crippen LogP contribution < -0.4 is 11.5 Å². The second-order valence-electron chi connectivity index (χ2n) is 3.80. The molecule has 1 aromatic heterocycles. The molecule has 4 N–H and O–H groups in total. The minimum atomic E-state index is -0.0390. The average molecular weight is 295 g/mol. The fourth-order valence-corrected chi connectivity index (χ4v) is 2.50. The number of hydrogen-bond acceptors (Lipinski definition) is 6. The van der Waals surface area contributed by atoms with Crippen molar-refractivity contribution < 1.29 is 4.79 Å². The molecule has 0 saturated heterocycles. The highest BCUT2D eigenvalue weighted by atomic mass is 35.5. The standard InChI is InChI=1S/C12H11ClN4OS/c1-6(18)7-2-3-9(8(13)4-7)19-12-16-10(14)5-11(15)17-12/h2-5H,1H3,(H4,14,15,16,17). The van der Waals surface area contributed by atoms with Gasteiger partial charge in [-0.25, -0.2) is 9.97 Å². The SMILES string of the molecule is CC(=O)c1ccc(Sc2nc(N)cc(N)n2)c(Cl)c1. The maximum atomic E-state index is 11.2. The predicted octanol–water partition coefficient (Wildman–Crippen LogP) is 2.65. The zero-order valence-corrected chi connectivity index (χ0v) is 11.6. The molecule has 1 heterocycles. The van der Waals surface area contributed by atoms with Crippen molar-refractivity contribution in [3.63, 3.8) is 0 Å². The Morgan fingerprint density at radius 3 is 2.37 bits per heavy atom. The Balaban J connectivity index is 2.30. The highest BCUT2D eigenvalue weighted by Gasteiger charge is 2.09. The van der Waals surface area contributed by atoms with Crippen LogP contribution in [0.1, 0.15) is 17.3 Å². The molecule has 0 atom stereocenters. The van der Waals surface area contributed by atoms with Crippen molar-refractivity contribution in [3.05, 3.63) is 34.9 Å². The van der Waals surface area contributed by atoms with Crippen molar-refractivity contribution in [3.8, 4) is 0 Å². The number of nitrogens with two attached hydrogens (primary N) is 2. The van der Waals surface area contributed by atoms with Crippen molar-refractivity contribution in [2.45, 2.75) is 17.0 Å². The lowest BCUT2D eigenvalue weighted by molar-refractivity contribution is 0.101. The fraction of sp³-hybridized carbons (Fsp3) is 0.0833. The quantitative estimate of drug-likeness (QED) is 0.667. The summed E-state index contributed by atoms with van der Waals surface area (Å²) in [4.78, 5) is 20.1. The molecular weight excluding hydrogens is 284 g/mol. The fourth-order valence-electron chi connectivity index (χ4n) is 1.41. The van der Waals surface area contributed by atoms with E-state index in [-0.39, 0.29) is 5.78 Å². The number of rotatable bonds is 3. The van der Waals surface area contributed by atoms with Crippen LogP contribution in [-0.2, 0) is 0 Å². The molecule has 0 amide bonds. The van der Waals surface area contributed by atoms with E-state index in [0.29, 0.717) is 27.4 Å². The van der Waals surface area contributed by atoms with Crippen LogP contribution in [0.15, 0.2) is 34.3 Å². The lowest BCUT2D eigenvalue weighted by Crippen LogP contribution is -1.99. The lowest BCUT2D eigenvalue weighted by Gasteiger charge is -2.05. The van der Waals surface area contributed by atoms with Gasteiger partial charge in [0.25, 0.3) is 0 Å². The number of hydrogen-bond donors (Lipinski definition) is 2. The molecule has 7 heteroatoms. The average Bonchev–Trinajstić information content (AvgIpc) is 2.30. The van der Waals surface area contributed by atoms with Crippen LogP contribution in [-0.4, -0.2) is 15.8 Å². The summed E-state index contributed by atoms with van der Waals surface area (Å²) in [6.07, 6.45) is 0.